The number of aryl methyl sites for hydroxylation is 1. The number of rotatable bonds is 7. The van der Waals surface area contributed by atoms with Gasteiger partial charge in [-0.15, -0.1) is 0 Å². The maximum absolute atomic E-state index is 12.7. The van der Waals surface area contributed by atoms with Crippen LogP contribution < -0.4 is 10.2 Å². The van der Waals surface area contributed by atoms with Gasteiger partial charge < -0.3 is 19.5 Å². The van der Waals surface area contributed by atoms with Crippen LogP contribution in [-0.4, -0.2) is 46.4 Å². The number of imidazole rings is 1. The standard InChI is InChI=1S/C22H28N4O3S/c1-15-16(2)26(13-17-7-6-12-29-17)22(23-15)30-14-20(27)24-18-8-3-4-9-19(18)25-11-5-10-21(25)28/h3-4,8-9,17H,5-7,10-14H2,1-2H3,(H,24,27). The van der Waals surface area contributed by atoms with Gasteiger partial charge in [-0.05, 0) is 45.2 Å². The van der Waals surface area contributed by atoms with Crippen LogP contribution in [-0.2, 0) is 20.9 Å². The average Bonchev–Trinajstić information content (AvgIpc) is 3.45. The van der Waals surface area contributed by atoms with E-state index in [0.717, 1.165) is 54.6 Å². The molecule has 160 valence electrons. The molecule has 2 saturated heterocycles. The third-order valence-corrected chi connectivity index (χ3v) is 6.68. The molecule has 2 fully saturated rings. The lowest BCUT2D eigenvalue weighted by molar-refractivity contribution is -0.117. The molecule has 1 N–H and O–H groups in total. The van der Waals surface area contributed by atoms with Gasteiger partial charge in [-0.2, -0.15) is 0 Å². The average molecular weight is 429 g/mol. The molecule has 0 saturated carbocycles. The molecule has 2 amide bonds. The van der Waals surface area contributed by atoms with Crippen LogP contribution in [0.15, 0.2) is 29.4 Å². The smallest absolute Gasteiger partial charge is 0.234 e. The van der Waals surface area contributed by atoms with Gasteiger partial charge in [-0.25, -0.2) is 4.98 Å². The quantitative estimate of drug-likeness (QED) is 0.683. The Hall–Kier alpha value is -2.32. The fourth-order valence-corrected chi connectivity index (χ4v) is 4.88. The molecule has 3 heterocycles. The van der Waals surface area contributed by atoms with Crippen LogP contribution in [0.1, 0.15) is 37.1 Å². The molecule has 1 unspecified atom stereocenters. The summed E-state index contributed by atoms with van der Waals surface area (Å²) in [6, 6.07) is 7.48. The Labute approximate surface area is 181 Å². The van der Waals surface area contributed by atoms with Crippen molar-refractivity contribution in [3.05, 3.63) is 35.7 Å². The van der Waals surface area contributed by atoms with Crippen LogP contribution in [0.2, 0.25) is 0 Å². The first-order chi connectivity index (χ1) is 14.5. The number of carbonyl (C=O) groups excluding carboxylic acids is 2. The lowest BCUT2D eigenvalue weighted by atomic mass is 10.2. The third kappa shape index (κ3) is 4.54. The van der Waals surface area contributed by atoms with Gasteiger partial charge in [0.25, 0.3) is 0 Å². The van der Waals surface area contributed by atoms with Gasteiger partial charge in [0.1, 0.15) is 0 Å². The van der Waals surface area contributed by atoms with Crippen molar-refractivity contribution in [3.8, 4) is 0 Å². The number of aromatic nitrogens is 2. The maximum Gasteiger partial charge on any atom is 0.234 e. The second kappa shape index (κ2) is 9.22. The van der Waals surface area contributed by atoms with Crippen molar-refractivity contribution in [1.82, 2.24) is 9.55 Å². The van der Waals surface area contributed by atoms with E-state index in [2.05, 4.69) is 21.8 Å². The van der Waals surface area contributed by atoms with Crippen molar-refractivity contribution in [2.75, 3.05) is 29.1 Å². The highest BCUT2D eigenvalue weighted by Crippen LogP contribution is 2.30. The highest BCUT2D eigenvalue weighted by molar-refractivity contribution is 7.99. The number of anilines is 2. The summed E-state index contributed by atoms with van der Waals surface area (Å²) in [7, 11) is 0. The summed E-state index contributed by atoms with van der Waals surface area (Å²) in [6.45, 7) is 6.34. The first-order valence-electron chi connectivity index (χ1n) is 10.5. The summed E-state index contributed by atoms with van der Waals surface area (Å²) in [5, 5.41) is 3.82. The number of carbonyl (C=O) groups is 2. The Morgan fingerprint density at radius 2 is 2.13 bits per heavy atom. The fourth-order valence-electron chi connectivity index (χ4n) is 3.97. The SMILES string of the molecule is Cc1nc(SCC(=O)Nc2ccccc2N2CCCC2=O)n(CC2CCCO2)c1C. The zero-order chi connectivity index (χ0) is 21.1. The predicted molar refractivity (Wildman–Crippen MR) is 118 cm³/mol. The fraction of sp³-hybridized carbons (Fsp3) is 0.500. The van der Waals surface area contributed by atoms with Crippen molar-refractivity contribution < 1.29 is 14.3 Å². The largest absolute Gasteiger partial charge is 0.376 e. The Kier molecular flexibility index (Phi) is 6.43. The normalized spacial score (nSPS) is 18.9. The van der Waals surface area contributed by atoms with Crippen molar-refractivity contribution in [3.63, 3.8) is 0 Å². The molecule has 1 aromatic heterocycles. The van der Waals surface area contributed by atoms with Gasteiger partial charge in [0.05, 0.1) is 35.5 Å². The first kappa shape index (κ1) is 20.9. The lowest BCUT2D eigenvalue weighted by Gasteiger charge is -2.20. The number of hydrogen-bond donors (Lipinski definition) is 1. The lowest BCUT2D eigenvalue weighted by Crippen LogP contribution is -2.26. The Morgan fingerprint density at radius 1 is 1.30 bits per heavy atom. The zero-order valence-corrected chi connectivity index (χ0v) is 18.3. The number of nitrogens with one attached hydrogen (secondary N) is 1. The van der Waals surface area contributed by atoms with Crippen molar-refractivity contribution >= 4 is 35.0 Å². The molecule has 0 spiro atoms. The highest BCUT2D eigenvalue weighted by atomic mass is 32.2. The van der Waals surface area contributed by atoms with Crippen LogP contribution in [0.25, 0.3) is 0 Å². The summed E-state index contributed by atoms with van der Waals surface area (Å²) in [5.41, 5.74) is 3.54. The third-order valence-electron chi connectivity index (χ3n) is 5.71. The molecular weight excluding hydrogens is 400 g/mol. The highest BCUT2D eigenvalue weighted by Gasteiger charge is 2.24. The number of ether oxygens (including phenoxy) is 1. The molecule has 1 atom stereocenters. The van der Waals surface area contributed by atoms with Crippen LogP contribution in [0.4, 0.5) is 11.4 Å². The molecule has 1 aromatic carbocycles. The number of thioether (sulfide) groups is 1. The molecule has 8 heteroatoms. The van der Waals surface area contributed by atoms with Crippen LogP contribution in [0, 0.1) is 13.8 Å². The van der Waals surface area contributed by atoms with Gasteiger partial charge in [0.2, 0.25) is 11.8 Å². The summed E-state index contributed by atoms with van der Waals surface area (Å²) >= 11 is 1.44. The molecule has 2 aromatic rings. The Morgan fingerprint density at radius 3 is 2.87 bits per heavy atom. The van der Waals surface area contributed by atoms with Gasteiger partial charge in [0, 0.05) is 25.3 Å². The number of hydrogen-bond acceptors (Lipinski definition) is 5. The summed E-state index contributed by atoms with van der Waals surface area (Å²) < 4.78 is 7.95. The summed E-state index contributed by atoms with van der Waals surface area (Å²) in [5.74, 6) is 0.248. The number of benzene rings is 1. The van der Waals surface area contributed by atoms with Crippen LogP contribution in [0.5, 0.6) is 0 Å². The number of amides is 2. The van der Waals surface area contributed by atoms with E-state index in [-0.39, 0.29) is 23.7 Å². The first-order valence-corrected chi connectivity index (χ1v) is 11.5. The van der Waals surface area contributed by atoms with Gasteiger partial charge in [-0.3, -0.25) is 9.59 Å². The minimum Gasteiger partial charge on any atom is -0.376 e. The maximum atomic E-state index is 12.7. The van der Waals surface area contributed by atoms with E-state index in [1.807, 2.05) is 31.2 Å². The molecule has 0 aliphatic carbocycles. The minimum atomic E-state index is -0.110. The molecule has 2 aliphatic rings. The molecular formula is C22H28N4O3S. The molecule has 4 rings (SSSR count). The van der Waals surface area contributed by atoms with Gasteiger partial charge in [-0.1, -0.05) is 23.9 Å². The topological polar surface area (TPSA) is 76.5 Å². The number of para-hydroxylation sites is 2. The van der Waals surface area contributed by atoms with Crippen LogP contribution >= 0.6 is 11.8 Å². The minimum absolute atomic E-state index is 0.105. The van der Waals surface area contributed by atoms with Gasteiger partial charge in [0.15, 0.2) is 5.16 Å². The number of nitrogens with zero attached hydrogens (tertiary/aromatic N) is 3. The summed E-state index contributed by atoms with van der Waals surface area (Å²) in [4.78, 5) is 31.2. The zero-order valence-electron chi connectivity index (χ0n) is 17.5. The molecule has 0 bridgehead atoms. The van der Waals surface area contributed by atoms with Gasteiger partial charge >= 0.3 is 0 Å². The molecule has 30 heavy (non-hydrogen) atoms. The Balaban J connectivity index is 1.41. The van der Waals surface area contributed by atoms with E-state index in [9.17, 15) is 9.59 Å². The van der Waals surface area contributed by atoms with E-state index in [1.165, 1.54) is 11.8 Å². The van der Waals surface area contributed by atoms with Crippen molar-refractivity contribution in [2.45, 2.75) is 57.3 Å². The molecule has 0 radical (unpaired) electrons. The monoisotopic (exact) mass is 428 g/mol. The summed E-state index contributed by atoms with van der Waals surface area (Å²) in [6.07, 6.45) is 3.79. The van der Waals surface area contributed by atoms with E-state index in [1.54, 1.807) is 4.90 Å². The second-order valence-corrected chi connectivity index (χ2v) is 8.76. The Bertz CT molecular complexity index is 936. The van der Waals surface area contributed by atoms with E-state index in [4.69, 9.17) is 4.74 Å². The van der Waals surface area contributed by atoms with Crippen molar-refractivity contribution in [2.24, 2.45) is 0 Å². The van der Waals surface area contributed by atoms with E-state index < -0.39 is 0 Å². The van der Waals surface area contributed by atoms with E-state index >= 15 is 0 Å². The predicted octanol–water partition coefficient (Wildman–Crippen LogP) is 3.54. The molecule has 7 nitrogen and oxygen atoms in total. The van der Waals surface area contributed by atoms with E-state index in [0.29, 0.717) is 18.7 Å². The second-order valence-electron chi connectivity index (χ2n) is 7.81. The molecule has 2 aliphatic heterocycles. The van der Waals surface area contributed by atoms with Crippen molar-refractivity contribution in [1.29, 1.82) is 0 Å². The van der Waals surface area contributed by atoms with Crippen LogP contribution in [0.3, 0.4) is 0 Å².